The third-order valence-electron chi connectivity index (χ3n) is 7.69. The molecule has 0 radical (unpaired) electrons. The number of hydrogen-bond acceptors (Lipinski definition) is 8. The van der Waals surface area contributed by atoms with E-state index < -0.39 is 29.4 Å². The zero-order chi connectivity index (χ0) is 29.9. The maximum absolute atomic E-state index is 13.7. The highest BCUT2D eigenvalue weighted by molar-refractivity contribution is 5.96. The first kappa shape index (κ1) is 29.6. The van der Waals surface area contributed by atoms with Gasteiger partial charge in [0.05, 0.1) is 18.3 Å². The van der Waals surface area contributed by atoms with Gasteiger partial charge in [-0.1, -0.05) is 25.1 Å². The molecule has 2 saturated heterocycles. The standard InChI is InChI=1S/C30H33F3N4O5/c1-19-3-2-12-37(17-19)29-35-27(30(31,32)33)26(42-29)24(38)15-21-6-9-25(34-16-21)36-13-10-23(11-14-36)41-18-20-4-7-22(8-5-20)28(39)40/h4-9,16,19,23H,2-3,10-15,17-18H2,1H3,(H,39,40). The van der Waals surface area contributed by atoms with Gasteiger partial charge in [0.1, 0.15) is 5.82 Å². The highest BCUT2D eigenvalue weighted by Crippen LogP contribution is 2.35. The van der Waals surface area contributed by atoms with E-state index >= 15 is 0 Å². The van der Waals surface area contributed by atoms with Crippen LogP contribution in [0.4, 0.5) is 25.0 Å². The van der Waals surface area contributed by atoms with Crippen LogP contribution in [0.3, 0.4) is 0 Å². The van der Waals surface area contributed by atoms with Crippen LogP contribution in [0.1, 0.15) is 70.3 Å². The quantitative estimate of drug-likeness (QED) is 0.319. The van der Waals surface area contributed by atoms with Gasteiger partial charge in [0.2, 0.25) is 11.5 Å². The molecule has 1 aromatic carbocycles. The Hall–Kier alpha value is -3.93. The lowest BCUT2D eigenvalue weighted by Gasteiger charge is -2.32. The summed E-state index contributed by atoms with van der Waals surface area (Å²) < 4.78 is 52.6. The minimum absolute atomic E-state index is 0.0556. The van der Waals surface area contributed by atoms with Crippen molar-refractivity contribution in [2.45, 2.75) is 57.9 Å². The Labute approximate surface area is 241 Å². The lowest BCUT2D eigenvalue weighted by molar-refractivity contribution is -0.141. The second-order valence-electron chi connectivity index (χ2n) is 11.0. The first-order valence-corrected chi connectivity index (χ1v) is 14.1. The van der Waals surface area contributed by atoms with Crippen molar-refractivity contribution in [1.82, 2.24) is 9.97 Å². The number of rotatable bonds is 9. The van der Waals surface area contributed by atoms with Gasteiger partial charge in [0.25, 0.3) is 6.01 Å². The molecule has 1 atom stereocenters. The minimum atomic E-state index is -4.81. The number of Topliss-reactive ketones (excluding diaryl/α,β-unsaturated/α-hetero) is 1. The van der Waals surface area contributed by atoms with Crippen LogP contribution < -0.4 is 9.80 Å². The number of carbonyl (C=O) groups is 2. The Morgan fingerprint density at radius 3 is 2.36 bits per heavy atom. The number of aromatic nitrogens is 2. The number of benzene rings is 1. The fraction of sp³-hybridized carbons (Fsp3) is 0.467. The number of aromatic carboxylic acids is 1. The number of ether oxygens (including phenoxy) is 1. The van der Waals surface area contributed by atoms with Gasteiger partial charge < -0.3 is 24.1 Å². The van der Waals surface area contributed by atoms with Crippen molar-refractivity contribution in [2.75, 3.05) is 36.0 Å². The number of ketones is 1. The predicted molar refractivity (Wildman–Crippen MR) is 148 cm³/mol. The van der Waals surface area contributed by atoms with Gasteiger partial charge in [-0.15, -0.1) is 0 Å². The molecule has 12 heteroatoms. The van der Waals surface area contributed by atoms with Gasteiger partial charge in [-0.2, -0.15) is 18.2 Å². The molecule has 1 N–H and O–H groups in total. The summed E-state index contributed by atoms with van der Waals surface area (Å²) in [6.45, 7) is 4.89. The molecule has 2 fully saturated rings. The molecular weight excluding hydrogens is 553 g/mol. The first-order chi connectivity index (χ1) is 20.1. The minimum Gasteiger partial charge on any atom is -0.478 e. The lowest BCUT2D eigenvalue weighted by atomic mass is 10.0. The Balaban J connectivity index is 1.15. The number of piperidine rings is 2. The summed E-state index contributed by atoms with van der Waals surface area (Å²) in [5.74, 6) is -1.51. The molecule has 0 aliphatic carbocycles. The number of pyridine rings is 1. The van der Waals surface area contributed by atoms with Crippen molar-refractivity contribution >= 4 is 23.6 Å². The topological polar surface area (TPSA) is 109 Å². The Morgan fingerprint density at radius 1 is 1.02 bits per heavy atom. The zero-order valence-corrected chi connectivity index (χ0v) is 23.3. The number of alkyl halides is 3. The predicted octanol–water partition coefficient (Wildman–Crippen LogP) is 5.63. The summed E-state index contributed by atoms with van der Waals surface area (Å²) in [6.07, 6.45) is -0.175. The lowest BCUT2D eigenvalue weighted by Crippen LogP contribution is -2.37. The van der Waals surface area contributed by atoms with Gasteiger partial charge in [-0.25, -0.2) is 9.78 Å². The van der Waals surface area contributed by atoms with Crippen LogP contribution in [0, 0.1) is 5.92 Å². The molecule has 0 bridgehead atoms. The Bertz CT molecular complexity index is 1380. The molecule has 0 spiro atoms. The maximum Gasteiger partial charge on any atom is 0.437 e. The third-order valence-corrected chi connectivity index (χ3v) is 7.69. The fourth-order valence-corrected chi connectivity index (χ4v) is 5.37. The summed E-state index contributed by atoms with van der Waals surface area (Å²) in [6, 6.07) is 9.90. The average Bonchev–Trinajstić information content (AvgIpc) is 3.44. The van der Waals surface area contributed by atoms with Gasteiger partial charge in [0, 0.05) is 38.8 Å². The molecule has 0 saturated carbocycles. The van der Waals surface area contributed by atoms with Crippen LogP contribution in [-0.4, -0.2) is 59.1 Å². The van der Waals surface area contributed by atoms with Gasteiger partial charge in [0.15, 0.2) is 5.69 Å². The van der Waals surface area contributed by atoms with Crippen molar-refractivity contribution < 1.29 is 37.0 Å². The summed E-state index contributed by atoms with van der Waals surface area (Å²) in [4.78, 5) is 35.8. The molecule has 224 valence electrons. The van der Waals surface area contributed by atoms with Crippen LogP contribution in [0.25, 0.3) is 0 Å². The van der Waals surface area contributed by atoms with Gasteiger partial charge in [-0.3, -0.25) is 4.79 Å². The van der Waals surface area contributed by atoms with Crippen molar-refractivity contribution in [3.8, 4) is 0 Å². The van der Waals surface area contributed by atoms with Crippen molar-refractivity contribution in [2.24, 2.45) is 5.92 Å². The van der Waals surface area contributed by atoms with E-state index in [0.717, 1.165) is 31.2 Å². The SMILES string of the molecule is CC1CCCN(c2nc(C(F)(F)F)c(C(=O)Cc3ccc(N4CCC(OCc5ccc(C(=O)O)cc5)CC4)nc3)o2)C1. The zero-order valence-electron chi connectivity index (χ0n) is 23.3. The summed E-state index contributed by atoms with van der Waals surface area (Å²) in [5.41, 5.74) is 0.330. The van der Waals surface area contributed by atoms with E-state index in [4.69, 9.17) is 14.3 Å². The number of carbonyl (C=O) groups excluding carboxylic acids is 1. The molecule has 42 heavy (non-hydrogen) atoms. The van der Waals surface area contributed by atoms with Crippen LogP contribution in [0.15, 0.2) is 47.0 Å². The number of hydrogen-bond donors (Lipinski definition) is 1. The van der Waals surface area contributed by atoms with Crippen molar-refractivity contribution in [3.63, 3.8) is 0 Å². The van der Waals surface area contributed by atoms with Crippen molar-refractivity contribution in [1.29, 1.82) is 0 Å². The highest BCUT2D eigenvalue weighted by Gasteiger charge is 2.42. The average molecular weight is 587 g/mol. The Kier molecular flexibility index (Phi) is 8.81. The van der Waals surface area contributed by atoms with E-state index in [1.807, 2.05) is 6.92 Å². The van der Waals surface area contributed by atoms with Crippen molar-refractivity contribution in [3.05, 3.63) is 70.7 Å². The first-order valence-electron chi connectivity index (χ1n) is 14.1. The molecule has 2 aliphatic rings. The molecule has 0 amide bonds. The highest BCUT2D eigenvalue weighted by atomic mass is 19.4. The van der Waals surface area contributed by atoms with Crippen LogP contribution in [0.2, 0.25) is 0 Å². The van der Waals surface area contributed by atoms with E-state index in [1.54, 1.807) is 41.3 Å². The molecule has 9 nitrogen and oxygen atoms in total. The van der Waals surface area contributed by atoms with E-state index in [1.165, 1.54) is 6.20 Å². The summed E-state index contributed by atoms with van der Waals surface area (Å²) >= 11 is 0. The van der Waals surface area contributed by atoms with Gasteiger partial charge >= 0.3 is 12.1 Å². The summed E-state index contributed by atoms with van der Waals surface area (Å²) in [7, 11) is 0. The number of anilines is 2. The van der Waals surface area contributed by atoms with Crippen LogP contribution >= 0.6 is 0 Å². The number of carboxylic acids is 1. The molecule has 1 unspecified atom stereocenters. The molecular formula is C30H33F3N4O5. The monoisotopic (exact) mass is 586 g/mol. The molecule has 3 aromatic rings. The maximum atomic E-state index is 13.7. The van der Waals surface area contributed by atoms with E-state index in [2.05, 4.69) is 14.9 Å². The second kappa shape index (κ2) is 12.5. The molecule has 5 rings (SSSR count). The smallest absolute Gasteiger partial charge is 0.437 e. The second-order valence-corrected chi connectivity index (χ2v) is 11.0. The van der Waals surface area contributed by atoms with Crippen LogP contribution in [0.5, 0.6) is 0 Å². The molecule has 2 aromatic heterocycles. The third kappa shape index (κ3) is 7.10. The normalized spacial score (nSPS) is 18.3. The largest absolute Gasteiger partial charge is 0.478 e. The number of halogens is 3. The van der Waals surface area contributed by atoms with Crippen LogP contribution in [-0.2, 0) is 23.9 Å². The van der Waals surface area contributed by atoms with E-state index in [9.17, 15) is 22.8 Å². The van der Waals surface area contributed by atoms with E-state index in [-0.39, 0.29) is 24.1 Å². The van der Waals surface area contributed by atoms with Gasteiger partial charge in [-0.05, 0) is 60.9 Å². The molecule has 2 aliphatic heterocycles. The van der Waals surface area contributed by atoms with E-state index in [0.29, 0.717) is 50.1 Å². The fourth-order valence-electron chi connectivity index (χ4n) is 5.37. The molecule has 4 heterocycles. The number of nitrogens with zero attached hydrogens (tertiary/aromatic N) is 4. The number of oxazole rings is 1. The number of carboxylic acid groups (broad SMARTS) is 1. The Morgan fingerprint density at radius 2 is 1.74 bits per heavy atom. The summed E-state index contributed by atoms with van der Waals surface area (Å²) in [5, 5.41) is 9.01.